The van der Waals surface area contributed by atoms with Gasteiger partial charge in [-0.2, -0.15) is 5.10 Å². The van der Waals surface area contributed by atoms with E-state index in [4.69, 9.17) is 9.88 Å². The number of nitrogens with two attached hydrogens (primary N) is 1. The minimum atomic E-state index is -3.63. The first-order chi connectivity index (χ1) is 15.3. The van der Waals surface area contributed by atoms with Crippen LogP contribution in [0, 0.1) is 5.82 Å². The van der Waals surface area contributed by atoms with Crippen LogP contribution >= 0.6 is 0 Å². The number of amides is 2. The molecule has 32 heavy (non-hydrogen) atoms. The highest BCUT2D eigenvalue weighted by molar-refractivity contribution is 7.91. The summed E-state index contributed by atoms with van der Waals surface area (Å²) in [6.45, 7) is 4.78. The van der Waals surface area contributed by atoms with E-state index in [9.17, 15) is 13.4 Å². The van der Waals surface area contributed by atoms with E-state index in [0.29, 0.717) is 35.5 Å². The number of aryl methyl sites for hydroxylation is 1. The van der Waals surface area contributed by atoms with Crippen LogP contribution in [0.2, 0.25) is 0 Å². The van der Waals surface area contributed by atoms with Crippen LogP contribution in [-0.2, 0) is 16.5 Å². The molecule has 0 saturated carbocycles. The first-order valence-corrected chi connectivity index (χ1v) is 11.6. The molecular weight excluding hydrogens is 435 g/mol. The third-order valence-electron chi connectivity index (χ3n) is 5.03. The van der Waals surface area contributed by atoms with Gasteiger partial charge in [-0.15, -0.1) is 4.36 Å². The Labute approximate surface area is 185 Å². The summed E-state index contributed by atoms with van der Waals surface area (Å²) < 4.78 is 38.3. The number of rotatable bonds is 4. The largest absolute Gasteiger partial charge is 0.477 e. The Hall–Kier alpha value is -3.31. The van der Waals surface area contributed by atoms with Crippen LogP contribution in [0.25, 0.3) is 11.1 Å². The van der Waals surface area contributed by atoms with Crippen molar-refractivity contribution in [1.82, 2.24) is 14.8 Å². The summed E-state index contributed by atoms with van der Waals surface area (Å²) in [4.78, 5) is 16.9. The van der Waals surface area contributed by atoms with Gasteiger partial charge in [0.15, 0.2) is 9.92 Å². The number of nitrogens with one attached hydrogen (secondary N) is 1. The maximum Gasteiger partial charge on any atom is 0.354 e. The predicted molar refractivity (Wildman–Crippen MR) is 118 cm³/mol. The summed E-state index contributed by atoms with van der Waals surface area (Å²) in [7, 11) is -3.63. The van der Waals surface area contributed by atoms with E-state index in [1.54, 1.807) is 24.5 Å². The summed E-state index contributed by atoms with van der Waals surface area (Å²) in [5.74, 6) is -0.302. The van der Waals surface area contributed by atoms with Crippen molar-refractivity contribution in [3.05, 3.63) is 54.2 Å². The molecule has 1 unspecified atom stereocenters. The van der Waals surface area contributed by atoms with Gasteiger partial charge in [-0.3, -0.25) is 4.98 Å². The van der Waals surface area contributed by atoms with Crippen molar-refractivity contribution in [2.75, 3.05) is 11.9 Å². The minimum absolute atomic E-state index is 0.0601. The first kappa shape index (κ1) is 21.9. The van der Waals surface area contributed by atoms with Gasteiger partial charge in [-0.05, 0) is 41.3 Å². The molecule has 2 amide bonds. The molecule has 0 spiro atoms. The third-order valence-corrected chi connectivity index (χ3v) is 6.37. The molecule has 3 aromatic rings. The lowest BCUT2D eigenvalue weighted by Gasteiger charge is -2.18. The summed E-state index contributed by atoms with van der Waals surface area (Å²) in [5, 5.41) is 12.7. The molecule has 3 N–H and O–H groups in total. The summed E-state index contributed by atoms with van der Waals surface area (Å²) in [6.07, 6.45) is 5.21. The average Bonchev–Trinajstić information content (AvgIpc) is 3.20. The van der Waals surface area contributed by atoms with Crippen molar-refractivity contribution in [2.24, 2.45) is 9.50 Å². The number of hydrogen-bond donors (Lipinski definition) is 2. The van der Waals surface area contributed by atoms with Gasteiger partial charge in [-0.25, -0.2) is 23.2 Å². The summed E-state index contributed by atoms with van der Waals surface area (Å²) in [6, 6.07) is 5.16. The smallest absolute Gasteiger partial charge is 0.354 e. The highest BCUT2D eigenvalue weighted by Crippen LogP contribution is 2.36. The average molecular weight is 459 g/mol. The number of anilines is 1. The number of hydrogen-bond acceptors (Lipinski definition) is 5. The maximum atomic E-state index is 14.4. The third kappa shape index (κ3) is 4.34. The molecule has 11 heteroatoms. The predicted octanol–water partition coefficient (Wildman–Crippen LogP) is 3.92. The quantitative estimate of drug-likeness (QED) is 0.613. The molecule has 0 saturated heterocycles. The van der Waals surface area contributed by atoms with Crippen molar-refractivity contribution in [3.8, 4) is 17.0 Å². The van der Waals surface area contributed by atoms with Crippen LogP contribution in [0.3, 0.4) is 0 Å². The van der Waals surface area contributed by atoms with E-state index < -0.39 is 21.8 Å². The standard InChI is InChI=1S/C21H23FN6O3S/c1-13(2)16-10-15(22)11-17(14-4-6-24-7-5-14)19(16)26-21(29)27-32(23,30)18-12-25-28-8-3-9-31-20(18)28/h4-7,10-13H,3,8-9H2,1-2H3,(H3,23,26,27,29,30). The zero-order chi connectivity index (χ0) is 22.9. The van der Waals surface area contributed by atoms with Gasteiger partial charge in [0.05, 0.1) is 18.5 Å². The molecule has 2 aromatic heterocycles. The van der Waals surface area contributed by atoms with Gasteiger partial charge >= 0.3 is 6.03 Å². The number of pyridine rings is 1. The second kappa shape index (κ2) is 8.67. The van der Waals surface area contributed by atoms with E-state index in [0.717, 1.165) is 6.42 Å². The van der Waals surface area contributed by atoms with Crippen LogP contribution in [0.5, 0.6) is 5.88 Å². The van der Waals surface area contributed by atoms with E-state index in [-0.39, 0.29) is 16.7 Å². The molecule has 1 aromatic carbocycles. The van der Waals surface area contributed by atoms with Gasteiger partial charge in [0.25, 0.3) is 0 Å². The zero-order valence-corrected chi connectivity index (χ0v) is 18.4. The number of nitrogens with zero attached hydrogens (tertiary/aromatic N) is 4. The van der Waals surface area contributed by atoms with Crippen LogP contribution in [0.15, 0.2) is 52.1 Å². The zero-order valence-electron chi connectivity index (χ0n) is 17.6. The Kier molecular flexibility index (Phi) is 5.94. The Morgan fingerprint density at radius 3 is 2.81 bits per heavy atom. The number of fused-ring (bicyclic) bond motifs is 1. The molecular formula is C21H23FN6O3S. The fourth-order valence-corrected chi connectivity index (χ4v) is 4.53. The lowest BCUT2D eigenvalue weighted by Crippen LogP contribution is -2.21. The van der Waals surface area contributed by atoms with E-state index in [1.807, 2.05) is 13.8 Å². The SMILES string of the molecule is CC(C)c1cc(F)cc(-c2ccncc2)c1NC(=O)N=S(N)(=O)c1cnn2c1OCCC2. The molecule has 4 rings (SSSR count). The molecule has 0 fully saturated rings. The van der Waals surface area contributed by atoms with Crippen molar-refractivity contribution in [1.29, 1.82) is 0 Å². The molecule has 3 heterocycles. The van der Waals surface area contributed by atoms with Crippen molar-refractivity contribution < 1.29 is 18.1 Å². The molecule has 0 bridgehead atoms. The molecule has 1 atom stereocenters. The van der Waals surface area contributed by atoms with E-state index in [2.05, 4.69) is 19.8 Å². The topological polar surface area (TPSA) is 124 Å². The van der Waals surface area contributed by atoms with Gasteiger partial charge < -0.3 is 10.1 Å². The second-order valence-electron chi connectivity index (χ2n) is 7.64. The van der Waals surface area contributed by atoms with Crippen molar-refractivity contribution in [2.45, 2.75) is 37.6 Å². The number of halogens is 1. The minimum Gasteiger partial charge on any atom is -0.477 e. The fraction of sp³-hybridized carbons (Fsp3) is 0.286. The number of benzene rings is 1. The van der Waals surface area contributed by atoms with E-state index >= 15 is 0 Å². The number of carbonyl (C=O) groups is 1. The fourth-order valence-electron chi connectivity index (χ4n) is 3.53. The normalized spacial score (nSPS) is 14.9. The Morgan fingerprint density at radius 1 is 1.34 bits per heavy atom. The molecule has 1 aliphatic heterocycles. The lowest BCUT2D eigenvalue weighted by molar-refractivity contribution is 0.224. The number of aromatic nitrogens is 3. The summed E-state index contributed by atoms with van der Waals surface area (Å²) >= 11 is 0. The Balaban J connectivity index is 1.75. The van der Waals surface area contributed by atoms with Crippen molar-refractivity contribution in [3.63, 3.8) is 0 Å². The molecule has 168 valence electrons. The highest BCUT2D eigenvalue weighted by Gasteiger charge is 2.24. The van der Waals surface area contributed by atoms with Crippen LogP contribution in [-0.4, -0.2) is 31.6 Å². The monoisotopic (exact) mass is 458 g/mol. The number of carbonyl (C=O) groups excluding carboxylic acids is 1. The Morgan fingerprint density at radius 2 is 2.09 bits per heavy atom. The maximum absolute atomic E-state index is 14.4. The lowest BCUT2D eigenvalue weighted by atomic mass is 9.94. The van der Waals surface area contributed by atoms with Crippen LogP contribution in [0.4, 0.5) is 14.9 Å². The summed E-state index contributed by atoms with van der Waals surface area (Å²) in [5.41, 5.74) is 2.04. The molecule has 0 aliphatic carbocycles. The van der Waals surface area contributed by atoms with Gasteiger partial charge in [-0.1, -0.05) is 13.8 Å². The van der Waals surface area contributed by atoms with Gasteiger partial charge in [0.2, 0.25) is 5.88 Å². The molecule has 9 nitrogen and oxygen atoms in total. The number of urea groups is 1. The number of ether oxygens (including phenoxy) is 1. The van der Waals surface area contributed by atoms with Crippen LogP contribution in [0.1, 0.15) is 31.7 Å². The second-order valence-corrected chi connectivity index (χ2v) is 9.40. The Bertz CT molecular complexity index is 1280. The highest BCUT2D eigenvalue weighted by atomic mass is 32.2. The van der Waals surface area contributed by atoms with Gasteiger partial charge in [0, 0.05) is 30.9 Å². The van der Waals surface area contributed by atoms with Crippen molar-refractivity contribution >= 4 is 21.6 Å². The van der Waals surface area contributed by atoms with Crippen LogP contribution < -0.4 is 15.2 Å². The molecule has 1 aliphatic rings. The first-order valence-electron chi connectivity index (χ1n) is 10.0. The van der Waals surface area contributed by atoms with Gasteiger partial charge in [0.1, 0.15) is 10.7 Å². The van der Waals surface area contributed by atoms with E-state index in [1.165, 1.54) is 23.0 Å². The molecule has 0 radical (unpaired) electrons.